The molecule has 0 radical (unpaired) electrons. The van der Waals surface area contributed by atoms with Crippen LogP contribution in [0.3, 0.4) is 0 Å². The fourth-order valence-electron chi connectivity index (χ4n) is 2.75. The Morgan fingerprint density at radius 3 is 2.62 bits per heavy atom. The van der Waals surface area contributed by atoms with Crippen LogP contribution in [0.15, 0.2) is 48.2 Å². The number of anilines is 1. The van der Waals surface area contributed by atoms with Crippen LogP contribution >= 0.6 is 0 Å². The highest BCUT2D eigenvalue weighted by Crippen LogP contribution is 2.36. The number of hydrogen-bond acceptors (Lipinski definition) is 4. The first kappa shape index (κ1) is 15.5. The van der Waals surface area contributed by atoms with Crippen molar-refractivity contribution in [3.8, 4) is 0 Å². The minimum atomic E-state index is -0.437. The molecule has 0 aliphatic heterocycles. The van der Waals surface area contributed by atoms with Gasteiger partial charge in [0.15, 0.2) is 0 Å². The van der Waals surface area contributed by atoms with E-state index in [1.165, 1.54) is 0 Å². The molecule has 0 aromatic heterocycles. The van der Waals surface area contributed by atoms with Crippen LogP contribution in [-0.4, -0.2) is 13.1 Å². The second-order valence-electron chi connectivity index (χ2n) is 5.06. The number of hydrazine groups is 1. The lowest BCUT2D eigenvalue weighted by atomic mass is 9.82. The Hall–Kier alpha value is -1.85. The Morgan fingerprint density at radius 1 is 1.29 bits per heavy atom. The van der Waals surface area contributed by atoms with E-state index in [1.54, 1.807) is 12.1 Å². The summed E-state index contributed by atoms with van der Waals surface area (Å²) in [5, 5.41) is 6.94. The van der Waals surface area contributed by atoms with Gasteiger partial charge in [-0.05, 0) is 32.0 Å². The molecular weight excluding hydrogens is 267 g/mol. The van der Waals surface area contributed by atoms with E-state index in [-0.39, 0.29) is 5.23 Å². The van der Waals surface area contributed by atoms with Gasteiger partial charge in [0.2, 0.25) is 0 Å². The van der Waals surface area contributed by atoms with Gasteiger partial charge < -0.3 is 10.6 Å². The van der Waals surface area contributed by atoms with Gasteiger partial charge in [0.1, 0.15) is 0 Å². The van der Waals surface area contributed by atoms with E-state index in [0.29, 0.717) is 5.69 Å². The number of nitrogens with one attached hydrogen (secondary N) is 2. The third kappa shape index (κ3) is 3.25. The third-order valence-corrected chi connectivity index (χ3v) is 3.68. The molecule has 1 aromatic carbocycles. The molecule has 114 valence electrons. The Morgan fingerprint density at radius 2 is 2.05 bits per heavy atom. The Bertz CT molecular complexity index is 539. The minimum Gasteiger partial charge on any atom is -0.386 e. The van der Waals surface area contributed by atoms with E-state index in [4.69, 9.17) is 5.84 Å². The lowest BCUT2D eigenvalue weighted by Gasteiger charge is -2.35. The highest BCUT2D eigenvalue weighted by Gasteiger charge is 2.32. The van der Waals surface area contributed by atoms with Crippen LogP contribution in [0.1, 0.15) is 25.8 Å². The Kier molecular flexibility index (Phi) is 4.98. The quantitative estimate of drug-likeness (QED) is 0.428. The van der Waals surface area contributed by atoms with Crippen molar-refractivity contribution in [2.75, 3.05) is 18.3 Å². The molecule has 0 saturated heterocycles. The molecular formula is C16H23FN4. The van der Waals surface area contributed by atoms with Crippen LogP contribution in [-0.2, 0) is 5.54 Å². The Labute approximate surface area is 125 Å². The van der Waals surface area contributed by atoms with Crippen molar-refractivity contribution >= 4 is 5.69 Å². The summed E-state index contributed by atoms with van der Waals surface area (Å²) in [5.41, 5.74) is 1.87. The van der Waals surface area contributed by atoms with Crippen molar-refractivity contribution in [1.82, 2.24) is 10.6 Å². The van der Waals surface area contributed by atoms with Crippen molar-refractivity contribution in [3.05, 3.63) is 53.8 Å². The number of nitrogens with zero attached hydrogens (tertiary/aromatic N) is 1. The van der Waals surface area contributed by atoms with Crippen LogP contribution in [0.2, 0.25) is 0 Å². The average Bonchev–Trinajstić information content (AvgIpc) is 2.50. The summed E-state index contributed by atoms with van der Waals surface area (Å²) in [6.07, 6.45) is 6.98. The van der Waals surface area contributed by atoms with Crippen molar-refractivity contribution < 1.29 is 4.48 Å². The van der Waals surface area contributed by atoms with Crippen LogP contribution in [0.5, 0.6) is 0 Å². The molecule has 2 rings (SSSR count). The number of allylic oxidation sites excluding steroid dienone is 1. The molecule has 0 spiro atoms. The standard InChI is InChI=1S/C16H23FN4/c1-3-19-13-9-11-16(12-10-13,20-4-2)14-7-5-6-8-15(14)21(17)18/h5-11,19-20H,3-4,12,18H2,1-2H3. The van der Waals surface area contributed by atoms with Crippen LogP contribution in [0.25, 0.3) is 0 Å². The number of para-hydroxylation sites is 1. The summed E-state index contributed by atoms with van der Waals surface area (Å²) >= 11 is 0. The molecule has 1 aromatic rings. The van der Waals surface area contributed by atoms with E-state index in [0.717, 1.165) is 30.8 Å². The van der Waals surface area contributed by atoms with Gasteiger partial charge in [-0.1, -0.05) is 41.8 Å². The number of nitrogens with two attached hydrogens (primary N) is 1. The molecule has 0 amide bonds. The second-order valence-corrected chi connectivity index (χ2v) is 5.06. The molecule has 5 heteroatoms. The summed E-state index contributed by atoms with van der Waals surface area (Å²) in [5.74, 6) is 5.34. The highest BCUT2D eigenvalue weighted by atomic mass is 19.2. The molecule has 1 unspecified atom stereocenters. The van der Waals surface area contributed by atoms with Crippen molar-refractivity contribution in [2.45, 2.75) is 25.8 Å². The smallest absolute Gasteiger partial charge is 0.0926 e. The molecule has 0 saturated carbocycles. The lowest BCUT2D eigenvalue weighted by molar-refractivity contribution is 0.406. The van der Waals surface area contributed by atoms with Gasteiger partial charge in [-0.25, -0.2) is 5.84 Å². The zero-order chi connectivity index (χ0) is 15.3. The SMILES string of the molecule is CCNC1=CCC(NCC)(c2ccccc2N(N)F)C=C1. The van der Waals surface area contributed by atoms with Crippen molar-refractivity contribution in [2.24, 2.45) is 5.84 Å². The largest absolute Gasteiger partial charge is 0.386 e. The zero-order valence-corrected chi connectivity index (χ0v) is 12.6. The molecule has 1 aliphatic rings. The average molecular weight is 290 g/mol. The predicted octanol–water partition coefficient (Wildman–Crippen LogP) is 2.51. The van der Waals surface area contributed by atoms with E-state index in [9.17, 15) is 4.48 Å². The number of hydrogen-bond donors (Lipinski definition) is 3. The van der Waals surface area contributed by atoms with Gasteiger partial charge in [-0.15, -0.1) is 5.23 Å². The number of benzene rings is 1. The highest BCUT2D eigenvalue weighted by molar-refractivity contribution is 5.56. The Balaban J connectivity index is 2.40. The van der Waals surface area contributed by atoms with Crippen molar-refractivity contribution in [1.29, 1.82) is 0 Å². The second kappa shape index (κ2) is 6.74. The van der Waals surface area contributed by atoms with E-state index in [1.807, 2.05) is 25.1 Å². The van der Waals surface area contributed by atoms with Gasteiger partial charge in [-0.3, -0.25) is 0 Å². The lowest BCUT2D eigenvalue weighted by Crippen LogP contribution is -2.43. The summed E-state index contributed by atoms with van der Waals surface area (Å²) < 4.78 is 13.6. The molecule has 0 fully saturated rings. The van der Waals surface area contributed by atoms with Gasteiger partial charge in [0.25, 0.3) is 0 Å². The number of rotatable bonds is 6. The summed E-state index contributed by atoms with van der Waals surface area (Å²) in [6.45, 7) is 5.75. The maximum Gasteiger partial charge on any atom is 0.0926 e. The first-order valence-corrected chi connectivity index (χ1v) is 7.31. The van der Waals surface area contributed by atoms with Crippen LogP contribution in [0, 0.1) is 0 Å². The molecule has 1 atom stereocenters. The normalized spacial score (nSPS) is 21.0. The summed E-state index contributed by atoms with van der Waals surface area (Å²) in [4.78, 5) is 0. The monoisotopic (exact) mass is 290 g/mol. The molecule has 4 N–H and O–H groups in total. The predicted molar refractivity (Wildman–Crippen MR) is 85.1 cm³/mol. The maximum absolute atomic E-state index is 13.6. The van der Waals surface area contributed by atoms with Crippen LogP contribution < -0.4 is 21.7 Å². The van der Waals surface area contributed by atoms with E-state index >= 15 is 0 Å². The van der Waals surface area contributed by atoms with Crippen molar-refractivity contribution in [3.63, 3.8) is 0 Å². The summed E-state index contributed by atoms with van der Waals surface area (Å²) in [6, 6.07) is 7.28. The third-order valence-electron chi connectivity index (χ3n) is 3.68. The molecule has 0 heterocycles. The first-order valence-electron chi connectivity index (χ1n) is 7.31. The number of halogens is 1. The van der Waals surface area contributed by atoms with Gasteiger partial charge in [-0.2, -0.15) is 0 Å². The van der Waals surface area contributed by atoms with Gasteiger partial charge in [0, 0.05) is 17.8 Å². The maximum atomic E-state index is 13.6. The fourth-order valence-corrected chi connectivity index (χ4v) is 2.75. The molecule has 1 aliphatic carbocycles. The van der Waals surface area contributed by atoms with E-state index in [2.05, 4.69) is 29.7 Å². The van der Waals surface area contributed by atoms with Crippen LogP contribution in [0.4, 0.5) is 10.2 Å². The van der Waals surface area contributed by atoms with E-state index < -0.39 is 5.54 Å². The first-order chi connectivity index (χ1) is 10.1. The van der Waals surface area contributed by atoms with Gasteiger partial charge >= 0.3 is 0 Å². The molecule has 21 heavy (non-hydrogen) atoms. The number of likely N-dealkylation sites (N-methyl/N-ethyl adjacent to an activating group) is 2. The molecule has 4 nitrogen and oxygen atoms in total. The summed E-state index contributed by atoms with van der Waals surface area (Å²) in [7, 11) is 0. The molecule has 0 bridgehead atoms. The minimum absolute atomic E-state index is 0.186. The van der Waals surface area contributed by atoms with Gasteiger partial charge in [0.05, 0.1) is 11.2 Å². The topological polar surface area (TPSA) is 53.3 Å². The fraction of sp³-hybridized carbons (Fsp3) is 0.375. The zero-order valence-electron chi connectivity index (χ0n) is 12.6.